The third-order valence-electron chi connectivity index (χ3n) is 2.83. The molecule has 0 saturated carbocycles. The summed E-state index contributed by atoms with van der Waals surface area (Å²) < 4.78 is 30.8. The van der Waals surface area contributed by atoms with E-state index in [-0.39, 0.29) is 10.9 Å². The van der Waals surface area contributed by atoms with Crippen LogP contribution in [0.2, 0.25) is 0 Å². The number of halogens is 2. The molecular formula is C13H14F2N4OS. The van der Waals surface area contributed by atoms with Gasteiger partial charge in [0.1, 0.15) is 5.75 Å². The second-order valence-corrected chi connectivity index (χ2v) is 4.63. The van der Waals surface area contributed by atoms with Crippen molar-refractivity contribution in [1.29, 1.82) is 0 Å². The minimum absolute atomic E-state index is 0.0274. The number of aromatic nitrogens is 2. The summed E-state index contributed by atoms with van der Waals surface area (Å²) in [6.45, 7) is -1.01. The highest BCUT2D eigenvalue weighted by Crippen LogP contribution is 2.25. The first-order valence-electron chi connectivity index (χ1n) is 6.08. The fraction of sp³-hybridized carbons (Fsp3) is 0.231. The van der Waals surface area contributed by atoms with Crippen LogP contribution in [0.25, 0.3) is 0 Å². The van der Waals surface area contributed by atoms with Gasteiger partial charge in [0.25, 0.3) is 0 Å². The molecule has 0 amide bonds. The second kappa shape index (κ2) is 6.49. The number of nitrogens with one attached hydrogen (secondary N) is 2. The third-order valence-corrected chi connectivity index (χ3v) is 3.04. The lowest BCUT2D eigenvalue weighted by molar-refractivity contribution is -0.0493. The van der Waals surface area contributed by atoms with E-state index >= 15 is 0 Å². The van der Waals surface area contributed by atoms with Crippen molar-refractivity contribution in [3.63, 3.8) is 0 Å². The Morgan fingerprint density at radius 3 is 2.57 bits per heavy atom. The lowest BCUT2D eigenvalue weighted by Gasteiger charge is -2.14. The lowest BCUT2D eigenvalue weighted by Crippen LogP contribution is -2.20. The van der Waals surface area contributed by atoms with E-state index in [0.717, 1.165) is 11.4 Å². The van der Waals surface area contributed by atoms with Gasteiger partial charge < -0.3 is 15.4 Å². The summed E-state index contributed by atoms with van der Waals surface area (Å²) in [7, 11) is 1.81. The summed E-state index contributed by atoms with van der Waals surface area (Å²) in [6, 6.07) is 6.33. The molecule has 0 atom stereocenters. The third kappa shape index (κ3) is 3.88. The molecule has 0 fully saturated rings. The molecule has 0 saturated heterocycles. The van der Waals surface area contributed by atoms with Gasteiger partial charge in [-0.1, -0.05) is 12.1 Å². The maximum absolute atomic E-state index is 12.3. The monoisotopic (exact) mass is 312 g/mol. The van der Waals surface area contributed by atoms with Crippen molar-refractivity contribution < 1.29 is 13.5 Å². The second-order valence-electron chi connectivity index (χ2n) is 4.22. The molecule has 21 heavy (non-hydrogen) atoms. The van der Waals surface area contributed by atoms with Crippen LogP contribution in [0.4, 0.5) is 20.2 Å². The zero-order valence-electron chi connectivity index (χ0n) is 11.4. The molecule has 0 aliphatic heterocycles. The number of hydrogen-bond acceptors (Lipinski definition) is 3. The van der Waals surface area contributed by atoms with Gasteiger partial charge in [0.15, 0.2) is 5.11 Å². The van der Waals surface area contributed by atoms with Crippen molar-refractivity contribution in [1.82, 2.24) is 9.78 Å². The van der Waals surface area contributed by atoms with Crippen LogP contribution in [0.3, 0.4) is 0 Å². The summed E-state index contributed by atoms with van der Waals surface area (Å²) in [5.74, 6) is 0.0274. The van der Waals surface area contributed by atoms with Crippen molar-refractivity contribution in [2.45, 2.75) is 13.5 Å². The zero-order chi connectivity index (χ0) is 15.4. The Morgan fingerprint density at radius 1 is 1.29 bits per heavy atom. The van der Waals surface area contributed by atoms with Gasteiger partial charge in [-0.3, -0.25) is 4.68 Å². The van der Waals surface area contributed by atoms with E-state index in [1.165, 1.54) is 6.07 Å². The van der Waals surface area contributed by atoms with Crippen molar-refractivity contribution >= 4 is 28.7 Å². The molecule has 1 aromatic carbocycles. The fourth-order valence-electron chi connectivity index (χ4n) is 1.67. The largest absolute Gasteiger partial charge is 0.433 e. The first kappa shape index (κ1) is 15.2. The number of alkyl halides is 2. The van der Waals surface area contributed by atoms with Gasteiger partial charge >= 0.3 is 6.61 Å². The highest BCUT2D eigenvalue weighted by molar-refractivity contribution is 7.80. The van der Waals surface area contributed by atoms with Crippen LogP contribution in [0.15, 0.2) is 30.5 Å². The number of aryl methyl sites for hydroxylation is 1. The van der Waals surface area contributed by atoms with Gasteiger partial charge in [-0.2, -0.15) is 13.9 Å². The maximum atomic E-state index is 12.3. The molecule has 5 nitrogen and oxygen atoms in total. The average molecular weight is 312 g/mol. The number of ether oxygens (including phenoxy) is 1. The van der Waals surface area contributed by atoms with Gasteiger partial charge in [0.05, 0.1) is 23.3 Å². The highest BCUT2D eigenvalue weighted by atomic mass is 32.1. The molecule has 1 heterocycles. The zero-order valence-corrected chi connectivity index (χ0v) is 12.2. The van der Waals surface area contributed by atoms with E-state index in [2.05, 4.69) is 20.5 Å². The molecular weight excluding hydrogens is 298 g/mol. The fourth-order valence-corrected chi connectivity index (χ4v) is 1.89. The van der Waals surface area contributed by atoms with Crippen molar-refractivity contribution in [3.05, 3.63) is 36.2 Å². The molecule has 0 spiro atoms. The molecule has 1 aromatic heterocycles. The number of rotatable bonds is 4. The first-order chi connectivity index (χ1) is 9.97. The van der Waals surface area contributed by atoms with E-state index in [0.29, 0.717) is 5.69 Å². The van der Waals surface area contributed by atoms with E-state index in [4.69, 9.17) is 12.2 Å². The van der Waals surface area contributed by atoms with Gasteiger partial charge in [-0.05, 0) is 31.3 Å². The molecule has 0 radical (unpaired) electrons. The Balaban J connectivity index is 2.08. The van der Waals surface area contributed by atoms with Crippen LogP contribution in [0.5, 0.6) is 5.75 Å². The van der Waals surface area contributed by atoms with E-state index in [9.17, 15) is 8.78 Å². The lowest BCUT2D eigenvalue weighted by atomic mass is 10.3. The minimum Gasteiger partial charge on any atom is -0.433 e. The number of thiocarbonyl (C=S) groups is 1. The Bertz CT molecular complexity index is 645. The predicted molar refractivity (Wildman–Crippen MR) is 80.9 cm³/mol. The number of para-hydroxylation sites is 2. The van der Waals surface area contributed by atoms with Crippen LogP contribution in [-0.4, -0.2) is 21.5 Å². The standard InChI is InChI=1S/C13H14F2N4OS/c1-8-10(7-16-19(8)2)18-13(21)17-9-5-3-4-6-11(9)20-12(14)15/h3-7,12H,1-2H3,(H2,17,18,21). The van der Waals surface area contributed by atoms with E-state index < -0.39 is 6.61 Å². The SMILES string of the molecule is Cc1c(NC(=S)Nc2ccccc2OC(F)F)cnn1C. The van der Waals surface area contributed by atoms with Gasteiger partial charge in [-0.25, -0.2) is 0 Å². The molecule has 112 valence electrons. The smallest absolute Gasteiger partial charge is 0.387 e. The molecule has 0 unspecified atom stereocenters. The minimum atomic E-state index is -2.89. The van der Waals surface area contributed by atoms with Gasteiger partial charge in [0, 0.05) is 7.05 Å². The summed E-state index contributed by atoms with van der Waals surface area (Å²) in [4.78, 5) is 0. The van der Waals surface area contributed by atoms with Gasteiger partial charge in [-0.15, -0.1) is 0 Å². The van der Waals surface area contributed by atoms with Crippen LogP contribution < -0.4 is 15.4 Å². The molecule has 2 aromatic rings. The number of benzene rings is 1. The van der Waals surface area contributed by atoms with Crippen LogP contribution in [0.1, 0.15) is 5.69 Å². The summed E-state index contributed by atoms with van der Waals surface area (Å²) in [6.07, 6.45) is 1.63. The molecule has 0 aliphatic rings. The predicted octanol–water partition coefficient (Wildman–Crippen LogP) is 3.14. The molecule has 2 N–H and O–H groups in total. The Labute approximate surface area is 125 Å². The average Bonchev–Trinajstić information content (AvgIpc) is 2.72. The summed E-state index contributed by atoms with van der Waals surface area (Å²) in [5, 5.41) is 10.1. The maximum Gasteiger partial charge on any atom is 0.387 e. The normalized spacial score (nSPS) is 10.5. The van der Waals surface area contributed by atoms with Crippen LogP contribution in [-0.2, 0) is 7.05 Å². The van der Waals surface area contributed by atoms with Crippen molar-refractivity contribution in [2.75, 3.05) is 10.6 Å². The Kier molecular flexibility index (Phi) is 4.69. The van der Waals surface area contributed by atoms with Crippen LogP contribution in [0, 0.1) is 6.92 Å². The number of anilines is 2. The Morgan fingerprint density at radius 2 is 1.95 bits per heavy atom. The number of nitrogens with zero attached hydrogens (tertiary/aromatic N) is 2. The van der Waals surface area contributed by atoms with Crippen LogP contribution >= 0.6 is 12.2 Å². The van der Waals surface area contributed by atoms with Crippen molar-refractivity contribution in [3.8, 4) is 5.75 Å². The quantitative estimate of drug-likeness (QED) is 0.850. The topological polar surface area (TPSA) is 51.1 Å². The van der Waals surface area contributed by atoms with Crippen molar-refractivity contribution in [2.24, 2.45) is 7.05 Å². The van der Waals surface area contributed by atoms with E-state index in [1.807, 2.05) is 14.0 Å². The van der Waals surface area contributed by atoms with E-state index in [1.54, 1.807) is 29.1 Å². The first-order valence-corrected chi connectivity index (χ1v) is 6.48. The summed E-state index contributed by atoms with van der Waals surface area (Å²) in [5.41, 5.74) is 2.00. The molecule has 0 aliphatic carbocycles. The molecule has 0 bridgehead atoms. The molecule has 8 heteroatoms. The number of hydrogen-bond donors (Lipinski definition) is 2. The Hall–Kier alpha value is -2.22. The van der Waals surface area contributed by atoms with Gasteiger partial charge in [0.2, 0.25) is 0 Å². The molecule has 2 rings (SSSR count). The summed E-state index contributed by atoms with van der Waals surface area (Å²) >= 11 is 5.16. The highest BCUT2D eigenvalue weighted by Gasteiger charge is 2.11.